The van der Waals surface area contributed by atoms with E-state index in [0.717, 1.165) is 0 Å². The Balaban J connectivity index is 2.57. The van der Waals surface area contributed by atoms with Crippen LogP contribution in [-0.4, -0.2) is 30.7 Å². The van der Waals surface area contributed by atoms with E-state index in [1.807, 2.05) is 0 Å². The Hall–Kier alpha value is -0.730. The van der Waals surface area contributed by atoms with E-state index in [9.17, 15) is 27.1 Å². The molecule has 0 aliphatic heterocycles. The molecule has 0 spiro atoms. The highest BCUT2D eigenvalue weighted by Gasteiger charge is 2.41. The summed E-state index contributed by atoms with van der Waals surface area (Å²) in [4.78, 5) is 0. The molecule has 1 aromatic carbocycles. The maximum Gasteiger partial charge on any atom is 0.330 e. The van der Waals surface area contributed by atoms with Crippen molar-refractivity contribution in [2.24, 2.45) is 0 Å². The number of hydrogen-bond donors (Lipinski definition) is 1. The van der Waals surface area contributed by atoms with Crippen LogP contribution in [0.2, 0.25) is 0 Å². The molecule has 8 heteroatoms. The third-order valence-electron chi connectivity index (χ3n) is 2.23. The molecule has 0 saturated carbocycles. The summed E-state index contributed by atoms with van der Waals surface area (Å²) in [6.45, 7) is -2.26. The summed E-state index contributed by atoms with van der Waals surface area (Å²) in [6.07, 6.45) is -5.38. The number of halogens is 6. The zero-order chi connectivity index (χ0) is 14.6. The molecule has 108 valence electrons. The lowest BCUT2D eigenvalue weighted by molar-refractivity contribution is -0.170. The Bertz CT molecular complexity index is 428. The van der Waals surface area contributed by atoms with Crippen LogP contribution in [0.25, 0.3) is 0 Å². The summed E-state index contributed by atoms with van der Waals surface area (Å²) in [5.74, 6) is -5.06. The Morgan fingerprint density at radius 2 is 1.95 bits per heavy atom. The normalized spacial score (nSPS) is 13.9. The molecule has 0 aromatic heterocycles. The molecular formula is C11H10BrF5O2. The fraction of sp³-hybridized carbons (Fsp3) is 0.455. The highest BCUT2D eigenvalue weighted by Crippen LogP contribution is 2.26. The Morgan fingerprint density at radius 1 is 1.32 bits per heavy atom. The SMILES string of the molecule is OC(COCC(F)(F)C(F)F)c1cccc(Br)c1F. The molecule has 0 saturated heterocycles. The first kappa shape index (κ1) is 16.3. The van der Waals surface area contributed by atoms with Crippen LogP contribution in [0.1, 0.15) is 11.7 Å². The fourth-order valence-electron chi connectivity index (χ4n) is 1.24. The van der Waals surface area contributed by atoms with Gasteiger partial charge in [0.25, 0.3) is 0 Å². The van der Waals surface area contributed by atoms with Crippen LogP contribution in [-0.2, 0) is 4.74 Å². The van der Waals surface area contributed by atoms with Crippen LogP contribution in [0.4, 0.5) is 22.0 Å². The van der Waals surface area contributed by atoms with Gasteiger partial charge in [-0.05, 0) is 22.0 Å². The summed E-state index contributed by atoms with van der Waals surface area (Å²) in [7, 11) is 0. The average Bonchev–Trinajstić information content (AvgIpc) is 2.32. The number of ether oxygens (including phenoxy) is 1. The minimum atomic E-state index is -4.30. The lowest BCUT2D eigenvalue weighted by atomic mass is 10.1. The van der Waals surface area contributed by atoms with Crippen LogP contribution in [0.15, 0.2) is 22.7 Å². The van der Waals surface area contributed by atoms with E-state index in [2.05, 4.69) is 20.7 Å². The van der Waals surface area contributed by atoms with Crippen molar-refractivity contribution >= 4 is 15.9 Å². The van der Waals surface area contributed by atoms with Gasteiger partial charge in [0, 0.05) is 5.56 Å². The van der Waals surface area contributed by atoms with Gasteiger partial charge in [0.05, 0.1) is 11.1 Å². The molecular weight excluding hydrogens is 339 g/mol. The molecule has 1 atom stereocenters. The molecule has 0 radical (unpaired) electrons. The number of aliphatic hydroxyl groups is 1. The van der Waals surface area contributed by atoms with E-state index in [1.165, 1.54) is 18.2 Å². The smallest absolute Gasteiger partial charge is 0.330 e. The van der Waals surface area contributed by atoms with Gasteiger partial charge in [0.15, 0.2) is 0 Å². The van der Waals surface area contributed by atoms with Gasteiger partial charge in [-0.15, -0.1) is 0 Å². The summed E-state index contributed by atoms with van der Waals surface area (Å²) >= 11 is 2.89. The number of hydrogen-bond acceptors (Lipinski definition) is 2. The van der Waals surface area contributed by atoms with Crippen molar-refractivity contribution in [1.29, 1.82) is 0 Å². The lowest BCUT2D eigenvalue weighted by Gasteiger charge is -2.17. The number of benzene rings is 1. The second kappa shape index (κ2) is 6.62. The first-order valence-electron chi connectivity index (χ1n) is 5.11. The van der Waals surface area contributed by atoms with Crippen LogP contribution >= 0.6 is 15.9 Å². The Kier molecular flexibility index (Phi) is 5.69. The molecule has 0 fully saturated rings. The molecule has 2 nitrogen and oxygen atoms in total. The molecule has 1 aromatic rings. The van der Waals surface area contributed by atoms with Crippen LogP contribution in [0, 0.1) is 5.82 Å². The first-order valence-corrected chi connectivity index (χ1v) is 5.90. The standard InChI is InChI=1S/C11H10BrF5O2/c12-7-3-1-2-6(9(7)13)8(18)4-19-5-11(16,17)10(14)15/h1-3,8,10,18H,4-5H2. The van der Waals surface area contributed by atoms with Crippen molar-refractivity contribution < 1.29 is 31.8 Å². The van der Waals surface area contributed by atoms with E-state index in [4.69, 9.17) is 0 Å². The van der Waals surface area contributed by atoms with E-state index in [0.29, 0.717) is 0 Å². The largest absolute Gasteiger partial charge is 0.386 e. The topological polar surface area (TPSA) is 29.5 Å². The van der Waals surface area contributed by atoms with Gasteiger partial charge in [0.2, 0.25) is 0 Å². The molecule has 0 bridgehead atoms. The first-order chi connectivity index (χ1) is 8.75. The lowest BCUT2D eigenvalue weighted by Crippen LogP contribution is -2.33. The molecule has 19 heavy (non-hydrogen) atoms. The predicted molar refractivity (Wildman–Crippen MR) is 60.8 cm³/mol. The Morgan fingerprint density at radius 3 is 2.53 bits per heavy atom. The average molecular weight is 349 g/mol. The molecule has 0 aliphatic carbocycles. The summed E-state index contributed by atoms with van der Waals surface area (Å²) in [6, 6.07) is 4.05. The quantitative estimate of drug-likeness (QED) is 0.797. The monoisotopic (exact) mass is 348 g/mol. The second-order valence-corrected chi connectivity index (χ2v) is 4.59. The maximum absolute atomic E-state index is 13.5. The molecule has 0 aliphatic rings. The van der Waals surface area contributed by atoms with Crippen molar-refractivity contribution in [3.8, 4) is 0 Å². The van der Waals surface area contributed by atoms with E-state index < -0.39 is 37.5 Å². The van der Waals surface area contributed by atoms with Gasteiger partial charge < -0.3 is 9.84 Å². The van der Waals surface area contributed by atoms with Crippen molar-refractivity contribution in [2.75, 3.05) is 13.2 Å². The van der Waals surface area contributed by atoms with Crippen LogP contribution in [0.3, 0.4) is 0 Å². The second-order valence-electron chi connectivity index (χ2n) is 3.74. The van der Waals surface area contributed by atoms with Gasteiger partial charge in [-0.25, -0.2) is 13.2 Å². The summed E-state index contributed by atoms with van der Waals surface area (Å²) in [5, 5.41) is 9.54. The van der Waals surface area contributed by atoms with E-state index in [1.54, 1.807) is 0 Å². The summed E-state index contributed by atoms with van der Waals surface area (Å²) < 4.78 is 66.6. The zero-order valence-corrected chi connectivity index (χ0v) is 11.0. The van der Waals surface area contributed by atoms with Crippen molar-refractivity contribution in [3.05, 3.63) is 34.1 Å². The predicted octanol–water partition coefficient (Wildman–Crippen LogP) is 3.54. The van der Waals surface area contributed by atoms with Crippen LogP contribution in [0.5, 0.6) is 0 Å². The fourth-order valence-corrected chi connectivity index (χ4v) is 1.62. The number of aliphatic hydroxyl groups excluding tert-OH is 1. The van der Waals surface area contributed by atoms with Gasteiger partial charge in [-0.3, -0.25) is 0 Å². The van der Waals surface area contributed by atoms with Gasteiger partial charge in [-0.2, -0.15) is 8.78 Å². The molecule has 1 rings (SSSR count). The number of alkyl halides is 4. The van der Waals surface area contributed by atoms with Gasteiger partial charge >= 0.3 is 12.3 Å². The number of rotatable bonds is 6. The third kappa shape index (κ3) is 4.39. The highest BCUT2D eigenvalue weighted by atomic mass is 79.9. The van der Waals surface area contributed by atoms with Crippen molar-refractivity contribution in [1.82, 2.24) is 0 Å². The van der Waals surface area contributed by atoms with Crippen LogP contribution < -0.4 is 0 Å². The van der Waals surface area contributed by atoms with Crippen molar-refractivity contribution in [3.63, 3.8) is 0 Å². The minimum absolute atomic E-state index is 0.0851. The Labute approximate surface area is 114 Å². The molecule has 1 N–H and O–H groups in total. The molecule has 1 unspecified atom stereocenters. The minimum Gasteiger partial charge on any atom is -0.386 e. The molecule has 0 amide bonds. The van der Waals surface area contributed by atoms with Gasteiger partial charge in [-0.1, -0.05) is 12.1 Å². The maximum atomic E-state index is 13.5. The molecule has 0 heterocycles. The van der Waals surface area contributed by atoms with Gasteiger partial charge in [0.1, 0.15) is 18.5 Å². The zero-order valence-electron chi connectivity index (χ0n) is 9.42. The summed E-state index contributed by atoms with van der Waals surface area (Å²) in [5.41, 5.74) is -0.172. The van der Waals surface area contributed by atoms with E-state index in [-0.39, 0.29) is 10.0 Å². The highest BCUT2D eigenvalue weighted by molar-refractivity contribution is 9.10. The van der Waals surface area contributed by atoms with Crippen molar-refractivity contribution in [2.45, 2.75) is 18.5 Å². The van der Waals surface area contributed by atoms with E-state index >= 15 is 0 Å². The third-order valence-corrected chi connectivity index (χ3v) is 2.84.